The molecule has 0 spiro atoms. The summed E-state index contributed by atoms with van der Waals surface area (Å²) in [6, 6.07) is 2.86. The molecule has 0 saturated carbocycles. The summed E-state index contributed by atoms with van der Waals surface area (Å²) in [4.78, 5) is 6.89. The highest BCUT2D eigenvalue weighted by atomic mass is 35.5. The maximum Gasteiger partial charge on any atom is 0.263 e. The van der Waals surface area contributed by atoms with E-state index in [2.05, 4.69) is 14.7 Å². The molecule has 5 nitrogen and oxygen atoms in total. The molecule has 0 fully saturated rings. The van der Waals surface area contributed by atoms with E-state index in [0.29, 0.717) is 0 Å². The Morgan fingerprint density at radius 1 is 1.10 bits per heavy atom. The number of hydrogen-bond donors (Lipinski definition) is 1. The summed E-state index contributed by atoms with van der Waals surface area (Å²) in [6.45, 7) is 0. The summed E-state index contributed by atoms with van der Waals surface area (Å²) in [6.07, 6.45) is 1.08. The van der Waals surface area contributed by atoms with Gasteiger partial charge in [0.1, 0.15) is 22.7 Å². The third kappa shape index (κ3) is 3.12. The van der Waals surface area contributed by atoms with E-state index in [-0.39, 0.29) is 25.9 Å². The lowest BCUT2D eigenvalue weighted by Gasteiger charge is -2.11. The Morgan fingerprint density at radius 3 is 2.25 bits per heavy atom. The molecule has 0 aliphatic rings. The molecule has 10 heteroatoms. The number of nitrogens with zero attached hydrogens (tertiary/aromatic N) is 2. The van der Waals surface area contributed by atoms with E-state index in [1.165, 1.54) is 0 Å². The van der Waals surface area contributed by atoms with Gasteiger partial charge in [-0.15, -0.1) is 0 Å². The topological polar surface area (TPSA) is 72.0 Å². The van der Waals surface area contributed by atoms with Gasteiger partial charge < -0.3 is 0 Å². The van der Waals surface area contributed by atoms with Crippen LogP contribution in [0.1, 0.15) is 0 Å². The van der Waals surface area contributed by atoms with E-state index < -0.39 is 15.8 Å². The molecular formula is C10H5Cl3FN3O2S. The van der Waals surface area contributed by atoms with Crippen molar-refractivity contribution in [3.8, 4) is 0 Å². The van der Waals surface area contributed by atoms with Crippen LogP contribution in [0.15, 0.2) is 29.4 Å². The lowest BCUT2D eigenvalue weighted by atomic mass is 10.3. The second kappa shape index (κ2) is 5.69. The van der Waals surface area contributed by atoms with Crippen molar-refractivity contribution in [2.24, 2.45) is 0 Å². The average molecular weight is 357 g/mol. The van der Waals surface area contributed by atoms with Gasteiger partial charge in [0, 0.05) is 0 Å². The van der Waals surface area contributed by atoms with Crippen LogP contribution >= 0.6 is 34.8 Å². The SMILES string of the molecule is O=S(=O)(Nc1c(Cl)ncnc1Cl)c1ccc(F)cc1Cl. The smallest absolute Gasteiger partial charge is 0.263 e. The second-order valence-corrected chi connectivity index (χ2v) is 6.28. The van der Waals surface area contributed by atoms with Gasteiger partial charge in [-0.1, -0.05) is 34.8 Å². The summed E-state index contributed by atoms with van der Waals surface area (Å²) >= 11 is 17.2. The summed E-state index contributed by atoms with van der Waals surface area (Å²) in [7, 11) is -4.10. The van der Waals surface area contributed by atoms with Crippen LogP contribution in [-0.4, -0.2) is 18.4 Å². The zero-order valence-corrected chi connectivity index (χ0v) is 12.5. The van der Waals surface area contributed by atoms with Gasteiger partial charge in [0.2, 0.25) is 0 Å². The molecule has 0 saturated heterocycles. The van der Waals surface area contributed by atoms with Crippen LogP contribution in [0, 0.1) is 5.82 Å². The number of benzene rings is 1. The third-order valence-electron chi connectivity index (χ3n) is 2.17. The number of hydrogen-bond acceptors (Lipinski definition) is 4. The Balaban J connectivity index is 2.46. The summed E-state index contributed by atoms with van der Waals surface area (Å²) < 4.78 is 39.3. The lowest BCUT2D eigenvalue weighted by Crippen LogP contribution is -2.15. The number of halogens is 4. The average Bonchev–Trinajstić information content (AvgIpc) is 2.33. The van der Waals surface area contributed by atoms with Gasteiger partial charge in [0.05, 0.1) is 5.02 Å². The van der Waals surface area contributed by atoms with Crippen LogP contribution in [0.5, 0.6) is 0 Å². The van der Waals surface area contributed by atoms with Crippen LogP contribution in [0.4, 0.5) is 10.1 Å². The number of sulfonamides is 1. The van der Waals surface area contributed by atoms with Gasteiger partial charge in [0.25, 0.3) is 10.0 Å². The molecule has 0 aliphatic heterocycles. The number of aromatic nitrogens is 2. The molecule has 1 aromatic carbocycles. The van der Waals surface area contributed by atoms with E-state index in [1.54, 1.807) is 0 Å². The molecule has 0 radical (unpaired) electrons. The van der Waals surface area contributed by atoms with E-state index in [1.807, 2.05) is 0 Å². The zero-order chi connectivity index (χ0) is 14.9. The molecule has 2 aromatic rings. The van der Waals surface area contributed by atoms with E-state index in [4.69, 9.17) is 34.8 Å². The standard InChI is InChI=1S/C10H5Cl3FN3O2S/c11-6-3-5(14)1-2-7(6)20(18,19)17-8-9(12)15-4-16-10(8)13/h1-4,17H. The quantitative estimate of drug-likeness (QED) is 0.856. The van der Waals surface area contributed by atoms with Crippen molar-refractivity contribution in [2.45, 2.75) is 4.90 Å². The van der Waals surface area contributed by atoms with Gasteiger partial charge in [-0.3, -0.25) is 4.72 Å². The fraction of sp³-hybridized carbons (Fsp3) is 0. The normalized spacial score (nSPS) is 11.4. The molecule has 106 valence electrons. The second-order valence-electron chi connectivity index (χ2n) is 3.51. The predicted octanol–water partition coefficient (Wildman–Crippen LogP) is 3.38. The Labute approximate surface area is 128 Å². The van der Waals surface area contributed by atoms with Crippen LogP contribution in [0.25, 0.3) is 0 Å². The highest BCUT2D eigenvalue weighted by Crippen LogP contribution is 2.30. The maximum atomic E-state index is 12.9. The first kappa shape index (κ1) is 15.2. The van der Waals surface area contributed by atoms with Crippen LogP contribution in [0.2, 0.25) is 15.3 Å². The first-order valence-electron chi connectivity index (χ1n) is 4.95. The molecule has 1 aromatic heterocycles. The first-order chi connectivity index (χ1) is 9.31. The molecule has 0 amide bonds. The lowest BCUT2D eigenvalue weighted by molar-refractivity contribution is 0.599. The van der Waals surface area contributed by atoms with Gasteiger partial charge in [-0.25, -0.2) is 22.8 Å². The minimum absolute atomic E-state index is 0.174. The molecule has 2 rings (SSSR count). The Bertz CT molecular complexity index is 750. The fourth-order valence-electron chi connectivity index (χ4n) is 1.31. The highest BCUT2D eigenvalue weighted by molar-refractivity contribution is 7.92. The van der Waals surface area contributed by atoms with Crippen molar-refractivity contribution in [1.29, 1.82) is 0 Å². The van der Waals surface area contributed by atoms with Crippen molar-refractivity contribution in [3.05, 3.63) is 45.7 Å². The van der Waals surface area contributed by atoms with Gasteiger partial charge in [-0.2, -0.15) is 0 Å². The van der Waals surface area contributed by atoms with Crippen molar-refractivity contribution < 1.29 is 12.8 Å². The van der Waals surface area contributed by atoms with E-state index in [9.17, 15) is 12.8 Å². The number of nitrogens with one attached hydrogen (secondary N) is 1. The Morgan fingerprint density at radius 2 is 1.70 bits per heavy atom. The largest absolute Gasteiger partial charge is 0.274 e. The fourth-order valence-corrected chi connectivity index (χ4v) is 3.44. The minimum Gasteiger partial charge on any atom is -0.274 e. The maximum absolute atomic E-state index is 12.9. The number of rotatable bonds is 3. The zero-order valence-electron chi connectivity index (χ0n) is 9.44. The molecular weight excluding hydrogens is 352 g/mol. The summed E-state index contributed by atoms with van der Waals surface area (Å²) in [5.74, 6) is -0.659. The van der Waals surface area contributed by atoms with Crippen LogP contribution in [0.3, 0.4) is 0 Å². The molecule has 1 N–H and O–H groups in total. The minimum atomic E-state index is -4.10. The van der Waals surface area contributed by atoms with E-state index >= 15 is 0 Å². The van der Waals surface area contributed by atoms with Gasteiger partial charge in [0.15, 0.2) is 10.3 Å². The summed E-state index contributed by atoms with van der Waals surface area (Å²) in [5, 5.41) is -0.625. The van der Waals surface area contributed by atoms with Crippen LogP contribution in [-0.2, 0) is 10.0 Å². The van der Waals surface area contributed by atoms with Gasteiger partial charge in [-0.05, 0) is 18.2 Å². The van der Waals surface area contributed by atoms with Crippen molar-refractivity contribution in [3.63, 3.8) is 0 Å². The predicted molar refractivity (Wildman–Crippen MR) is 74.3 cm³/mol. The van der Waals surface area contributed by atoms with Gasteiger partial charge >= 0.3 is 0 Å². The third-order valence-corrected chi connectivity index (χ3v) is 4.58. The summed E-state index contributed by atoms with van der Waals surface area (Å²) in [5.41, 5.74) is -0.184. The molecule has 0 atom stereocenters. The Kier molecular flexibility index (Phi) is 4.33. The molecule has 0 aliphatic carbocycles. The van der Waals surface area contributed by atoms with Crippen molar-refractivity contribution in [1.82, 2.24) is 9.97 Å². The molecule has 0 bridgehead atoms. The molecule has 0 unspecified atom stereocenters. The number of anilines is 1. The monoisotopic (exact) mass is 355 g/mol. The molecule has 20 heavy (non-hydrogen) atoms. The van der Waals surface area contributed by atoms with Crippen LogP contribution < -0.4 is 4.72 Å². The highest BCUT2D eigenvalue weighted by Gasteiger charge is 2.21. The Hall–Kier alpha value is -1.15. The van der Waals surface area contributed by atoms with Crippen molar-refractivity contribution in [2.75, 3.05) is 4.72 Å². The first-order valence-corrected chi connectivity index (χ1v) is 7.57. The molecule has 1 heterocycles. The van der Waals surface area contributed by atoms with E-state index in [0.717, 1.165) is 24.5 Å². The van der Waals surface area contributed by atoms with Crippen molar-refractivity contribution >= 4 is 50.5 Å².